The molecule has 0 aliphatic carbocycles. The number of benzene rings is 7. The van der Waals surface area contributed by atoms with Crippen molar-refractivity contribution < 1.29 is 0 Å². The molecule has 7 nitrogen and oxygen atoms in total. The molecule has 2 aromatic heterocycles. The molecule has 0 saturated carbocycles. The first-order valence-corrected chi connectivity index (χ1v) is 18.2. The Hall–Kier alpha value is -7.95. The molecule has 0 amide bonds. The quantitative estimate of drug-likeness (QED) is 0.154. The monoisotopic (exact) mass is 717 g/mol. The molecule has 0 saturated heterocycles. The molecule has 0 spiro atoms. The van der Waals surface area contributed by atoms with E-state index in [1.54, 1.807) is 12.1 Å². The van der Waals surface area contributed by atoms with Gasteiger partial charge in [0, 0.05) is 33.4 Å². The number of aromatic nitrogens is 6. The molecule has 0 radical (unpaired) electrons. The summed E-state index contributed by atoms with van der Waals surface area (Å²) in [7, 11) is 0. The van der Waals surface area contributed by atoms with Crippen molar-refractivity contribution in [3.63, 3.8) is 0 Å². The van der Waals surface area contributed by atoms with Crippen molar-refractivity contribution in [2.75, 3.05) is 0 Å². The molecule has 7 heteroatoms. The summed E-state index contributed by atoms with van der Waals surface area (Å²) in [4.78, 5) is 29.5. The molecule has 0 bridgehead atoms. The van der Waals surface area contributed by atoms with Crippen LogP contribution in [0.4, 0.5) is 0 Å². The molecule has 9 rings (SSSR count). The Bertz CT molecular complexity index is 2760. The maximum Gasteiger partial charge on any atom is 0.164 e. The molecule has 0 N–H and O–H groups in total. The number of rotatable bonds is 8. The Morgan fingerprint density at radius 1 is 0.250 bits per heavy atom. The molecular formula is C49H31N7. The van der Waals surface area contributed by atoms with Gasteiger partial charge in [-0.05, 0) is 52.6 Å². The molecule has 0 aliphatic heterocycles. The molecule has 7 aromatic carbocycles. The van der Waals surface area contributed by atoms with E-state index in [0.29, 0.717) is 40.5 Å². The molecular weight excluding hydrogens is 687 g/mol. The normalized spacial score (nSPS) is 10.8. The fourth-order valence-electron chi connectivity index (χ4n) is 6.49. The van der Waals surface area contributed by atoms with Gasteiger partial charge in [-0.3, -0.25) is 0 Å². The van der Waals surface area contributed by atoms with Crippen molar-refractivity contribution in [1.29, 1.82) is 5.26 Å². The third-order valence-electron chi connectivity index (χ3n) is 9.45. The van der Waals surface area contributed by atoms with Crippen LogP contribution in [0.1, 0.15) is 5.56 Å². The second-order valence-corrected chi connectivity index (χ2v) is 13.1. The lowest BCUT2D eigenvalue weighted by Crippen LogP contribution is -2.00. The molecule has 262 valence electrons. The summed E-state index contributed by atoms with van der Waals surface area (Å²) >= 11 is 0. The third-order valence-corrected chi connectivity index (χ3v) is 9.45. The van der Waals surface area contributed by atoms with Crippen molar-refractivity contribution in [1.82, 2.24) is 29.9 Å². The van der Waals surface area contributed by atoms with E-state index in [1.165, 1.54) is 0 Å². The molecule has 0 fully saturated rings. The van der Waals surface area contributed by atoms with Crippen LogP contribution < -0.4 is 0 Å². The first-order chi connectivity index (χ1) is 27.7. The molecule has 9 aromatic rings. The van der Waals surface area contributed by atoms with Crippen molar-refractivity contribution in [3.05, 3.63) is 194 Å². The lowest BCUT2D eigenvalue weighted by Gasteiger charge is -2.11. The van der Waals surface area contributed by atoms with E-state index in [-0.39, 0.29) is 0 Å². The fraction of sp³-hybridized carbons (Fsp3) is 0. The molecule has 0 atom stereocenters. The maximum atomic E-state index is 9.39. The Balaban J connectivity index is 1.07. The highest BCUT2D eigenvalue weighted by Crippen LogP contribution is 2.31. The molecule has 56 heavy (non-hydrogen) atoms. The van der Waals surface area contributed by atoms with Gasteiger partial charge in [0.05, 0.1) is 11.6 Å². The minimum atomic E-state index is 0.526. The van der Waals surface area contributed by atoms with Crippen LogP contribution in [0.5, 0.6) is 0 Å². The Morgan fingerprint density at radius 2 is 0.518 bits per heavy atom. The summed E-state index contributed by atoms with van der Waals surface area (Å²) < 4.78 is 0. The first-order valence-electron chi connectivity index (χ1n) is 18.2. The van der Waals surface area contributed by atoms with Crippen LogP contribution in [0.15, 0.2) is 188 Å². The van der Waals surface area contributed by atoms with E-state index >= 15 is 0 Å². The van der Waals surface area contributed by atoms with Crippen LogP contribution in [-0.2, 0) is 0 Å². The van der Waals surface area contributed by atoms with Gasteiger partial charge in [-0.25, -0.2) is 29.9 Å². The van der Waals surface area contributed by atoms with E-state index in [4.69, 9.17) is 29.9 Å². The van der Waals surface area contributed by atoms with E-state index in [1.807, 2.05) is 127 Å². The van der Waals surface area contributed by atoms with Crippen molar-refractivity contribution in [2.24, 2.45) is 0 Å². The highest BCUT2D eigenvalue weighted by atomic mass is 15.0. The predicted octanol–water partition coefficient (Wildman–Crippen LogP) is 11.3. The zero-order valence-electron chi connectivity index (χ0n) is 30.0. The SMILES string of the molecule is N#Cc1ccc(-c2nc(-c3ccc(-c4ccccc4)cc3)nc(-c3cccc(-c4ccc(-c5nc(-c6ccccc6)nc(-c6ccccc6)n5)cc4)c3)n2)cc1. The summed E-state index contributed by atoms with van der Waals surface area (Å²) in [5.41, 5.74) is 10.1. The Kier molecular flexibility index (Phi) is 9.18. The topological polar surface area (TPSA) is 101 Å². The van der Waals surface area contributed by atoms with Crippen LogP contribution in [0.2, 0.25) is 0 Å². The lowest BCUT2D eigenvalue weighted by atomic mass is 10.0. The van der Waals surface area contributed by atoms with Crippen LogP contribution in [-0.4, -0.2) is 29.9 Å². The largest absolute Gasteiger partial charge is 0.208 e. The zero-order chi connectivity index (χ0) is 37.7. The van der Waals surface area contributed by atoms with Crippen molar-refractivity contribution >= 4 is 0 Å². The number of hydrogen-bond acceptors (Lipinski definition) is 7. The van der Waals surface area contributed by atoms with E-state index in [0.717, 1.165) is 55.6 Å². The van der Waals surface area contributed by atoms with E-state index < -0.39 is 0 Å². The standard InChI is InChI=1S/C49H31N7/c50-32-33-19-21-39(22-20-33)46-54-48(40-27-23-35(24-28-40)34-11-4-1-5-12-34)56-49(55-46)43-18-10-17-42(31-43)36-25-29-41(30-26-36)47-52-44(37-13-6-2-7-14-37)51-45(53-47)38-15-8-3-9-16-38/h1-31H. The average Bonchev–Trinajstić information content (AvgIpc) is 3.30. The minimum Gasteiger partial charge on any atom is -0.208 e. The van der Waals surface area contributed by atoms with Crippen molar-refractivity contribution in [2.45, 2.75) is 0 Å². The summed E-state index contributed by atoms with van der Waals surface area (Å²) in [6.07, 6.45) is 0. The zero-order valence-corrected chi connectivity index (χ0v) is 30.0. The van der Waals surface area contributed by atoms with Gasteiger partial charge >= 0.3 is 0 Å². The van der Waals surface area contributed by atoms with Crippen LogP contribution >= 0.6 is 0 Å². The van der Waals surface area contributed by atoms with Crippen LogP contribution in [0, 0.1) is 11.3 Å². The highest BCUT2D eigenvalue weighted by Gasteiger charge is 2.15. The summed E-state index contributed by atoms with van der Waals surface area (Å²) in [6, 6.07) is 64.4. The number of nitrogens with zero attached hydrogens (tertiary/aromatic N) is 7. The summed E-state index contributed by atoms with van der Waals surface area (Å²) in [5, 5.41) is 9.39. The van der Waals surface area contributed by atoms with Crippen LogP contribution in [0.3, 0.4) is 0 Å². The van der Waals surface area contributed by atoms with Gasteiger partial charge in [-0.15, -0.1) is 0 Å². The predicted molar refractivity (Wildman–Crippen MR) is 221 cm³/mol. The summed E-state index contributed by atoms with van der Waals surface area (Å²) in [5.74, 6) is 3.48. The van der Waals surface area contributed by atoms with E-state index in [9.17, 15) is 5.26 Å². The van der Waals surface area contributed by atoms with Gasteiger partial charge in [-0.2, -0.15) is 5.26 Å². The number of nitriles is 1. The van der Waals surface area contributed by atoms with Crippen molar-refractivity contribution in [3.8, 4) is 96.7 Å². The number of hydrogen-bond donors (Lipinski definition) is 0. The van der Waals surface area contributed by atoms with Crippen LogP contribution in [0.25, 0.3) is 90.6 Å². The van der Waals surface area contributed by atoms with Gasteiger partial charge in [-0.1, -0.05) is 158 Å². The average molecular weight is 718 g/mol. The second-order valence-electron chi connectivity index (χ2n) is 13.1. The first kappa shape index (κ1) is 33.9. The van der Waals surface area contributed by atoms with E-state index in [2.05, 4.69) is 54.6 Å². The molecule has 0 unspecified atom stereocenters. The Labute approximate surface area is 324 Å². The van der Waals surface area contributed by atoms with Gasteiger partial charge in [0.2, 0.25) is 0 Å². The molecule has 0 aliphatic rings. The van der Waals surface area contributed by atoms with Gasteiger partial charge in [0.25, 0.3) is 0 Å². The van der Waals surface area contributed by atoms with Gasteiger partial charge in [0.1, 0.15) is 0 Å². The second kappa shape index (κ2) is 15.2. The summed E-state index contributed by atoms with van der Waals surface area (Å²) in [6.45, 7) is 0. The van der Waals surface area contributed by atoms with Gasteiger partial charge in [0.15, 0.2) is 34.9 Å². The van der Waals surface area contributed by atoms with Gasteiger partial charge < -0.3 is 0 Å². The smallest absolute Gasteiger partial charge is 0.164 e. The molecule has 2 heterocycles. The maximum absolute atomic E-state index is 9.39. The lowest BCUT2D eigenvalue weighted by molar-refractivity contribution is 1.07. The Morgan fingerprint density at radius 3 is 0.929 bits per heavy atom. The fourth-order valence-corrected chi connectivity index (χ4v) is 6.49. The third kappa shape index (κ3) is 7.19. The minimum absolute atomic E-state index is 0.526. The highest BCUT2D eigenvalue weighted by molar-refractivity contribution is 5.75.